The highest BCUT2D eigenvalue weighted by atomic mass is 35.5. The first-order valence-electron chi connectivity index (χ1n) is 6.97. The van der Waals surface area contributed by atoms with E-state index in [1.165, 1.54) is 0 Å². The lowest BCUT2D eigenvalue weighted by atomic mass is 10.2. The maximum Gasteiger partial charge on any atom is 0.246 e. The molecule has 0 spiro atoms. The molecule has 1 amide bonds. The highest BCUT2D eigenvalue weighted by Crippen LogP contribution is 2.26. The van der Waals surface area contributed by atoms with Gasteiger partial charge in [-0.2, -0.15) is 0 Å². The first kappa shape index (κ1) is 16.2. The van der Waals surface area contributed by atoms with E-state index in [-0.39, 0.29) is 5.91 Å². The number of methoxy groups -OCH3 is 1. The number of halogens is 1. The molecule has 0 aliphatic rings. The van der Waals surface area contributed by atoms with Gasteiger partial charge in [0.25, 0.3) is 0 Å². The lowest BCUT2D eigenvalue weighted by Crippen LogP contribution is -2.32. The number of hydrogen-bond donors (Lipinski definition) is 2. The molecule has 4 nitrogen and oxygen atoms in total. The number of anilines is 2. The quantitative estimate of drug-likeness (QED) is 0.872. The van der Waals surface area contributed by atoms with Crippen LogP contribution in [0.25, 0.3) is 0 Å². The van der Waals surface area contributed by atoms with Crippen molar-refractivity contribution in [2.45, 2.75) is 19.9 Å². The molecule has 0 aromatic heterocycles. The molecule has 2 rings (SSSR count). The first-order chi connectivity index (χ1) is 10.5. The smallest absolute Gasteiger partial charge is 0.246 e. The third-order valence-electron chi connectivity index (χ3n) is 3.21. The van der Waals surface area contributed by atoms with E-state index >= 15 is 0 Å². The summed E-state index contributed by atoms with van der Waals surface area (Å²) in [7, 11) is 1.60. The molecule has 0 saturated heterocycles. The standard InChI is InChI=1S/C17H19ClN2O2/c1-11-7-8-16(22-3)15(9-11)19-12(2)17(21)20-14-6-4-5-13(18)10-14/h4-10,12,19H,1-3H3,(H,20,21)/t12-/m1/s1. The predicted molar refractivity (Wildman–Crippen MR) is 90.9 cm³/mol. The maximum atomic E-state index is 12.3. The Morgan fingerprint density at radius 2 is 2.00 bits per heavy atom. The van der Waals surface area contributed by atoms with Crippen LogP contribution in [-0.4, -0.2) is 19.1 Å². The summed E-state index contributed by atoms with van der Waals surface area (Å²) >= 11 is 5.91. The second-order valence-electron chi connectivity index (χ2n) is 5.07. The molecular weight excluding hydrogens is 300 g/mol. The SMILES string of the molecule is COc1ccc(C)cc1N[C@H](C)C(=O)Nc1cccc(Cl)c1. The molecule has 2 N–H and O–H groups in total. The molecule has 0 fully saturated rings. The third kappa shape index (κ3) is 4.15. The van der Waals surface area contributed by atoms with Crippen LogP contribution in [0.3, 0.4) is 0 Å². The maximum absolute atomic E-state index is 12.3. The highest BCUT2D eigenvalue weighted by Gasteiger charge is 2.15. The fourth-order valence-electron chi connectivity index (χ4n) is 2.05. The van der Waals surface area contributed by atoms with Crippen molar-refractivity contribution in [3.8, 4) is 5.75 Å². The third-order valence-corrected chi connectivity index (χ3v) is 3.45. The Morgan fingerprint density at radius 3 is 2.68 bits per heavy atom. The average Bonchev–Trinajstić information content (AvgIpc) is 2.47. The van der Waals surface area contributed by atoms with Crippen molar-refractivity contribution in [2.24, 2.45) is 0 Å². The summed E-state index contributed by atoms with van der Waals surface area (Å²) in [5.41, 5.74) is 2.55. The van der Waals surface area contributed by atoms with Gasteiger partial charge >= 0.3 is 0 Å². The lowest BCUT2D eigenvalue weighted by Gasteiger charge is -2.18. The second kappa shape index (κ2) is 7.18. The number of rotatable bonds is 5. The molecule has 0 aliphatic carbocycles. The van der Waals surface area contributed by atoms with E-state index in [9.17, 15) is 4.79 Å². The van der Waals surface area contributed by atoms with Crippen LogP contribution in [0, 0.1) is 6.92 Å². The molecule has 5 heteroatoms. The number of carbonyl (C=O) groups is 1. The van der Waals surface area contributed by atoms with Crippen LogP contribution in [0.2, 0.25) is 5.02 Å². The van der Waals surface area contributed by atoms with E-state index in [0.717, 1.165) is 11.3 Å². The number of hydrogen-bond acceptors (Lipinski definition) is 3. The minimum absolute atomic E-state index is 0.147. The normalized spacial score (nSPS) is 11.6. The number of carbonyl (C=O) groups excluding carboxylic acids is 1. The van der Waals surface area contributed by atoms with Gasteiger partial charge in [0.1, 0.15) is 11.8 Å². The van der Waals surface area contributed by atoms with E-state index in [1.54, 1.807) is 38.3 Å². The number of aryl methyl sites for hydroxylation is 1. The number of nitrogens with one attached hydrogen (secondary N) is 2. The minimum atomic E-state index is -0.422. The van der Waals surface area contributed by atoms with Gasteiger partial charge in [-0.25, -0.2) is 0 Å². The number of benzene rings is 2. The molecule has 0 saturated carbocycles. The van der Waals surface area contributed by atoms with Crippen LogP contribution >= 0.6 is 11.6 Å². The second-order valence-corrected chi connectivity index (χ2v) is 5.51. The monoisotopic (exact) mass is 318 g/mol. The summed E-state index contributed by atoms with van der Waals surface area (Å²) in [6.07, 6.45) is 0. The summed E-state index contributed by atoms with van der Waals surface area (Å²) in [5, 5.41) is 6.58. The summed E-state index contributed by atoms with van der Waals surface area (Å²) in [6, 6.07) is 12.4. The van der Waals surface area contributed by atoms with Gasteiger partial charge < -0.3 is 15.4 Å². The average molecular weight is 319 g/mol. The van der Waals surface area contributed by atoms with Gasteiger partial charge in [0.15, 0.2) is 0 Å². The molecular formula is C17H19ClN2O2. The van der Waals surface area contributed by atoms with E-state index in [4.69, 9.17) is 16.3 Å². The predicted octanol–water partition coefficient (Wildman–Crippen LogP) is 4.10. The first-order valence-corrected chi connectivity index (χ1v) is 7.35. The van der Waals surface area contributed by atoms with E-state index in [0.29, 0.717) is 16.5 Å². The van der Waals surface area contributed by atoms with Crippen molar-refractivity contribution in [1.82, 2.24) is 0 Å². The molecule has 2 aromatic carbocycles. The van der Waals surface area contributed by atoms with Crippen LogP contribution in [-0.2, 0) is 4.79 Å². The van der Waals surface area contributed by atoms with Crippen molar-refractivity contribution in [1.29, 1.82) is 0 Å². The molecule has 0 heterocycles. The molecule has 116 valence electrons. The van der Waals surface area contributed by atoms with E-state index in [1.807, 2.05) is 25.1 Å². The minimum Gasteiger partial charge on any atom is -0.495 e. The van der Waals surface area contributed by atoms with Crippen LogP contribution in [0.5, 0.6) is 5.75 Å². The largest absolute Gasteiger partial charge is 0.495 e. The molecule has 0 aliphatic heterocycles. The van der Waals surface area contributed by atoms with Crippen molar-refractivity contribution in [3.05, 3.63) is 53.1 Å². The molecule has 0 unspecified atom stereocenters. The summed E-state index contributed by atoms with van der Waals surface area (Å²) in [4.78, 5) is 12.3. The Balaban J connectivity index is 2.07. The fraction of sp³-hybridized carbons (Fsp3) is 0.235. The Kier molecular flexibility index (Phi) is 5.28. The van der Waals surface area contributed by atoms with Crippen molar-refractivity contribution >= 4 is 28.9 Å². The summed E-state index contributed by atoms with van der Waals surface area (Å²) in [6.45, 7) is 3.78. The van der Waals surface area contributed by atoms with Crippen LogP contribution in [0.4, 0.5) is 11.4 Å². The molecule has 2 aromatic rings. The van der Waals surface area contributed by atoms with Gasteiger partial charge in [-0.3, -0.25) is 4.79 Å². The van der Waals surface area contributed by atoms with E-state index in [2.05, 4.69) is 10.6 Å². The number of ether oxygens (including phenoxy) is 1. The summed E-state index contributed by atoms with van der Waals surface area (Å²) in [5.74, 6) is 0.554. The molecule has 0 radical (unpaired) electrons. The molecule has 22 heavy (non-hydrogen) atoms. The zero-order chi connectivity index (χ0) is 16.1. The summed E-state index contributed by atoms with van der Waals surface area (Å²) < 4.78 is 5.30. The van der Waals surface area contributed by atoms with Crippen molar-refractivity contribution in [2.75, 3.05) is 17.7 Å². The van der Waals surface area contributed by atoms with Crippen LogP contribution < -0.4 is 15.4 Å². The van der Waals surface area contributed by atoms with Gasteiger partial charge in [0.05, 0.1) is 12.8 Å². The van der Waals surface area contributed by atoms with E-state index < -0.39 is 6.04 Å². The topological polar surface area (TPSA) is 50.4 Å². The van der Waals surface area contributed by atoms with Crippen molar-refractivity contribution < 1.29 is 9.53 Å². The number of amides is 1. The highest BCUT2D eigenvalue weighted by molar-refractivity contribution is 6.30. The van der Waals surface area contributed by atoms with Crippen molar-refractivity contribution in [3.63, 3.8) is 0 Å². The van der Waals surface area contributed by atoms with Gasteiger partial charge in [-0.15, -0.1) is 0 Å². The van der Waals surface area contributed by atoms with Crippen LogP contribution in [0.1, 0.15) is 12.5 Å². The Labute approximate surface area is 135 Å². The molecule has 0 bridgehead atoms. The van der Waals surface area contributed by atoms with Crippen LogP contribution in [0.15, 0.2) is 42.5 Å². The van der Waals surface area contributed by atoms with Gasteiger partial charge in [-0.05, 0) is 49.7 Å². The fourth-order valence-corrected chi connectivity index (χ4v) is 2.24. The zero-order valence-corrected chi connectivity index (χ0v) is 13.6. The van der Waals surface area contributed by atoms with Gasteiger partial charge in [0, 0.05) is 10.7 Å². The Hall–Kier alpha value is -2.20. The zero-order valence-electron chi connectivity index (χ0n) is 12.8. The Bertz CT molecular complexity index is 673. The lowest BCUT2D eigenvalue weighted by molar-refractivity contribution is -0.116. The Morgan fingerprint density at radius 1 is 1.23 bits per heavy atom. The van der Waals surface area contributed by atoms with Gasteiger partial charge in [0.2, 0.25) is 5.91 Å². The van der Waals surface area contributed by atoms with Gasteiger partial charge in [-0.1, -0.05) is 23.7 Å². The molecule has 1 atom stereocenters.